The number of nitrogens with one attached hydrogen (secondary N) is 1. The largest absolute Gasteiger partial charge is 0.365 e. The molecule has 1 fully saturated rings. The van der Waals surface area contributed by atoms with Gasteiger partial charge >= 0.3 is 0 Å². The van der Waals surface area contributed by atoms with Crippen molar-refractivity contribution in [3.05, 3.63) is 17.4 Å². The van der Waals surface area contributed by atoms with Crippen LogP contribution in [0.2, 0.25) is 5.02 Å². The Kier molecular flexibility index (Phi) is 3.75. The van der Waals surface area contributed by atoms with Gasteiger partial charge < -0.3 is 15.0 Å². The number of amides is 1. The minimum Gasteiger partial charge on any atom is -0.365 e. The molecule has 0 bridgehead atoms. The number of carbonyl (C=O) groups excluding carboxylic acids is 1. The Morgan fingerprint density at radius 1 is 1.59 bits per heavy atom. The molecule has 92 valence electrons. The van der Waals surface area contributed by atoms with Gasteiger partial charge in [-0.3, -0.25) is 4.79 Å². The molecule has 1 amide bonds. The number of ether oxygens (including phenoxy) is 1. The monoisotopic (exact) mass is 256 g/mol. The number of morpholine rings is 1. The van der Waals surface area contributed by atoms with Crippen LogP contribution in [0.15, 0.2) is 12.4 Å². The van der Waals surface area contributed by atoms with Crippen LogP contribution in [-0.2, 0) is 9.53 Å². The van der Waals surface area contributed by atoms with E-state index in [9.17, 15) is 4.79 Å². The van der Waals surface area contributed by atoms with Crippen LogP contribution in [0, 0.1) is 0 Å². The van der Waals surface area contributed by atoms with Crippen molar-refractivity contribution in [3.8, 4) is 0 Å². The molecule has 1 aromatic heterocycles. The molecule has 0 aliphatic carbocycles. The van der Waals surface area contributed by atoms with E-state index in [0.29, 0.717) is 30.7 Å². The lowest BCUT2D eigenvalue weighted by atomic mass is 10.2. The Labute approximate surface area is 104 Å². The van der Waals surface area contributed by atoms with Gasteiger partial charge in [-0.1, -0.05) is 11.6 Å². The highest BCUT2D eigenvalue weighted by atomic mass is 35.5. The molecule has 1 saturated heterocycles. The first-order chi connectivity index (χ1) is 8.20. The van der Waals surface area contributed by atoms with Gasteiger partial charge in [-0.2, -0.15) is 0 Å². The fraction of sp³-hybridized carbons (Fsp3) is 0.500. The van der Waals surface area contributed by atoms with E-state index in [2.05, 4.69) is 15.3 Å². The van der Waals surface area contributed by atoms with E-state index in [4.69, 9.17) is 16.3 Å². The van der Waals surface area contributed by atoms with E-state index in [1.807, 2.05) is 4.90 Å². The van der Waals surface area contributed by atoms with Crippen molar-refractivity contribution >= 4 is 23.5 Å². The number of aromatic nitrogens is 2. The Balaban J connectivity index is 2.06. The Morgan fingerprint density at radius 3 is 2.94 bits per heavy atom. The number of nitrogens with zero attached hydrogens (tertiary/aromatic N) is 3. The molecule has 6 nitrogen and oxygen atoms in total. The molecule has 7 heteroatoms. The van der Waals surface area contributed by atoms with Crippen molar-refractivity contribution in [1.29, 1.82) is 0 Å². The first-order valence-corrected chi connectivity index (χ1v) is 5.64. The zero-order valence-electron chi connectivity index (χ0n) is 9.39. The van der Waals surface area contributed by atoms with Crippen LogP contribution in [-0.4, -0.2) is 48.7 Å². The molecule has 1 aliphatic heterocycles. The average molecular weight is 257 g/mol. The lowest BCUT2D eigenvalue weighted by Gasteiger charge is -2.31. The van der Waals surface area contributed by atoms with Crippen LogP contribution in [0.1, 0.15) is 0 Å². The maximum Gasteiger partial charge on any atom is 0.250 e. The summed E-state index contributed by atoms with van der Waals surface area (Å²) in [5.74, 6) is 0.426. The highest BCUT2D eigenvalue weighted by Crippen LogP contribution is 2.14. The third kappa shape index (κ3) is 2.83. The van der Waals surface area contributed by atoms with Gasteiger partial charge in [0.25, 0.3) is 5.91 Å². The van der Waals surface area contributed by atoms with Gasteiger partial charge in [0.15, 0.2) is 6.10 Å². The van der Waals surface area contributed by atoms with E-state index >= 15 is 0 Å². The molecular weight excluding hydrogens is 244 g/mol. The second kappa shape index (κ2) is 5.29. The van der Waals surface area contributed by atoms with Crippen LogP contribution in [0.5, 0.6) is 0 Å². The quantitative estimate of drug-likeness (QED) is 0.812. The summed E-state index contributed by atoms with van der Waals surface area (Å²) in [5.41, 5.74) is 0. The minimum absolute atomic E-state index is 0.135. The standard InChI is InChI=1S/C10H13ClN4O2/c1-12-9(16)8-6-15(2-3-17-8)10-13-4-7(11)5-14-10/h4-5,8H,2-3,6H2,1H3,(H,12,16)/t8-/m0/s1. The summed E-state index contributed by atoms with van der Waals surface area (Å²) < 4.78 is 5.37. The van der Waals surface area contributed by atoms with E-state index < -0.39 is 6.10 Å². The zero-order valence-corrected chi connectivity index (χ0v) is 10.1. The Morgan fingerprint density at radius 2 is 2.29 bits per heavy atom. The molecule has 0 radical (unpaired) electrons. The fourth-order valence-electron chi connectivity index (χ4n) is 1.62. The number of hydrogen-bond acceptors (Lipinski definition) is 5. The highest BCUT2D eigenvalue weighted by molar-refractivity contribution is 6.30. The van der Waals surface area contributed by atoms with Crippen LogP contribution >= 0.6 is 11.6 Å². The molecule has 2 rings (SSSR count). The summed E-state index contributed by atoms with van der Waals surface area (Å²) in [7, 11) is 1.59. The van der Waals surface area contributed by atoms with Crippen molar-refractivity contribution in [2.45, 2.75) is 6.10 Å². The summed E-state index contributed by atoms with van der Waals surface area (Å²) in [6.07, 6.45) is 2.59. The van der Waals surface area contributed by atoms with Crippen LogP contribution in [0.25, 0.3) is 0 Å². The molecule has 1 aromatic rings. The molecule has 0 aromatic carbocycles. The number of anilines is 1. The maximum absolute atomic E-state index is 11.5. The molecule has 1 N–H and O–H groups in total. The minimum atomic E-state index is -0.479. The third-order valence-corrected chi connectivity index (χ3v) is 2.69. The summed E-state index contributed by atoms with van der Waals surface area (Å²) in [6, 6.07) is 0. The first-order valence-electron chi connectivity index (χ1n) is 5.26. The summed E-state index contributed by atoms with van der Waals surface area (Å²) in [6.45, 7) is 1.58. The summed E-state index contributed by atoms with van der Waals surface area (Å²) >= 11 is 5.72. The predicted octanol–water partition coefficient (Wildman–Crippen LogP) is 0.0812. The van der Waals surface area contributed by atoms with Crippen molar-refractivity contribution in [2.24, 2.45) is 0 Å². The third-order valence-electron chi connectivity index (χ3n) is 2.49. The van der Waals surface area contributed by atoms with E-state index in [0.717, 1.165) is 0 Å². The van der Waals surface area contributed by atoms with Gasteiger partial charge in [-0.25, -0.2) is 9.97 Å². The number of halogens is 1. The summed E-state index contributed by atoms with van der Waals surface area (Å²) in [4.78, 5) is 21.6. The SMILES string of the molecule is CNC(=O)[C@@H]1CN(c2ncc(Cl)cn2)CCO1. The van der Waals surface area contributed by atoms with Crippen LogP contribution in [0.4, 0.5) is 5.95 Å². The number of rotatable bonds is 2. The van der Waals surface area contributed by atoms with Crippen molar-refractivity contribution < 1.29 is 9.53 Å². The highest BCUT2D eigenvalue weighted by Gasteiger charge is 2.27. The number of hydrogen-bond donors (Lipinski definition) is 1. The lowest BCUT2D eigenvalue weighted by Crippen LogP contribution is -2.49. The number of carbonyl (C=O) groups is 1. The van der Waals surface area contributed by atoms with Crippen molar-refractivity contribution in [3.63, 3.8) is 0 Å². The van der Waals surface area contributed by atoms with Gasteiger partial charge in [-0.05, 0) is 0 Å². The molecule has 2 heterocycles. The first kappa shape index (κ1) is 12.1. The predicted molar refractivity (Wildman–Crippen MR) is 63.1 cm³/mol. The molecule has 0 saturated carbocycles. The van der Waals surface area contributed by atoms with Gasteiger partial charge in [0.05, 0.1) is 30.6 Å². The molecule has 0 spiro atoms. The van der Waals surface area contributed by atoms with Gasteiger partial charge in [0.2, 0.25) is 5.95 Å². The van der Waals surface area contributed by atoms with E-state index in [1.165, 1.54) is 12.4 Å². The topological polar surface area (TPSA) is 67.4 Å². The van der Waals surface area contributed by atoms with Crippen LogP contribution < -0.4 is 10.2 Å². The van der Waals surface area contributed by atoms with Gasteiger partial charge in [0.1, 0.15) is 0 Å². The molecule has 1 atom stereocenters. The number of likely N-dealkylation sites (N-methyl/N-ethyl adjacent to an activating group) is 1. The van der Waals surface area contributed by atoms with E-state index in [1.54, 1.807) is 7.05 Å². The summed E-state index contributed by atoms with van der Waals surface area (Å²) in [5, 5.41) is 3.05. The van der Waals surface area contributed by atoms with Crippen LogP contribution in [0.3, 0.4) is 0 Å². The average Bonchev–Trinajstić information content (AvgIpc) is 2.39. The van der Waals surface area contributed by atoms with Gasteiger partial charge in [0, 0.05) is 13.6 Å². The lowest BCUT2D eigenvalue weighted by molar-refractivity contribution is -0.132. The van der Waals surface area contributed by atoms with Gasteiger partial charge in [-0.15, -0.1) is 0 Å². The smallest absolute Gasteiger partial charge is 0.250 e. The van der Waals surface area contributed by atoms with E-state index in [-0.39, 0.29) is 5.91 Å². The zero-order chi connectivity index (χ0) is 12.3. The maximum atomic E-state index is 11.5. The fourth-order valence-corrected chi connectivity index (χ4v) is 1.72. The second-order valence-corrected chi connectivity index (χ2v) is 4.06. The molecule has 1 aliphatic rings. The van der Waals surface area contributed by atoms with Crippen molar-refractivity contribution in [2.75, 3.05) is 31.6 Å². The molecule has 17 heavy (non-hydrogen) atoms. The van der Waals surface area contributed by atoms with Crippen molar-refractivity contribution in [1.82, 2.24) is 15.3 Å². The normalized spacial score (nSPS) is 20.1. The molecule has 0 unspecified atom stereocenters. The molecular formula is C10H13ClN4O2. The Hall–Kier alpha value is -1.40. The second-order valence-electron chi connectivity index (χ2n) is 3.62. The Bertz CT molecular complexity index is 398.